The number of benzene rings is 1. The van der Waals surface area contributed by atoms with Gasteiger partial charge in [0, 0.05) is 12.3 Å². The van der Waals surface area contributed by atoms with E-state index in [0.29, 0.717) is 23.5 Å². The van der Waals surface area contributed by atoms with E-state index in [9.17, 15) is 4.79 Å². The van der Waals surface area contributed by atoms with Crippen molar-refractivity contribution in [3.05, 3.63) is 35.9 Å². The zero-order chi connectivity index (χ0) is 12.3. The fraction of sp³-hybridized carbons (Fsp3) is 0.562. The van der Waals surface area contributed by atoms with E-state index in [0.717, 1.165) is 18.4 Å². The third-order valence-corrected chi connectivity index (χ3v) is 4.02. The van der Waals surface area contributed by atoms with Crippen LogP contribution in [0.5, 0.6) is 0 Å². The minimum absolute atomic E-state index is 0.309. The van der Waals surface area contributed by atoms with E-state index in [1.165, 1.54) is 12.8 Å². The van der Waals surface area contributed by atoms with E-state index >= 15 is 0 Å². The van der Waals surface area contributed by atoms with Gasteiger partial charge in [-0.25, -0.2) is 0 Å². The molecule has 0 atom stereocenters. The monoisotopic (exact) mass is 230 g/mol. The van der Waals surface area contributed by atoms with Gasteiger partial charge in [-0.1, -0.05) is 44.2 Å². The third kappa shape index (κ3) is 3.42. The van der Waals surface area contributed by atoms with E-state index in [2.05, 4.69) is 13.8 Å². The first-order valence-electron chi connectivity index (χ1n) is 6.63. The molecule has 0 radical (unpaired) electrons. The summed E-state index contributed by atoms with van der Waals surface area (Å²) in [5, 5.41) is 0. The van der Waals surface area contributed by atoms with Crippen molar-refractivity contribution >= 4 is 5.78 Å². The second kappa shape index (κ2) is 5.03. The average Bonchev–Trinajstić information content (AvgIpc) is 2.30. The van der Waals surface area contributed by atoms with Crippen LogP contribution in [0.25, 0.3) is 0 Å². The summed E-state index contributed by atoms with van der Waals surface area (Å²) in [6.07, 6.45) is 5.17. The van der Waals surface area contributed by atoms with Gasteiger partial charge in [0.15, 0.2) is 0 Å². The average molecular weight is 230 g/mol. The zero-order valence-corrected chi connectivity index (χ0v) is 10.9. The van der Waals surface area contributed by atoms with Gasteiger partial charge in [-0.3, -0.25) is 4.79 Å². The number of carbonyl (C=O) groups is 1. The normalized spacial score (nSPS) is 20.1. The van der Waals surface area contributed by atoms with Gasteiger partial charge in [0.05, 0.1) is 0 Å². The molecule has 1 nitrogen and oxygen atoms in total. The molecular formula is C16H22O. The first-order valence-corrected chi connectivity index (χ1v) is 6.63. The predicted octanol–water partition coefficient (Wildman–Crippen LogP) is 4.01. The number of hydrogen-bond donors (Lipinski definition) is 0. The molecule has 1 aromatic carbocycles. The number of Topliss-reactive ketones (excluding diaryl/α,β-unsaturated/α-hetero) is 1. The first-order chi connectivity index (χ1) is 8.07. The third-order valence-electron chi connectivity index (χ3n) is 4.02. The highest BCUT2D eigenvalue weighted by molar-refractivity contribution is 5.83. The number of rotatable bonds is 3. The summed E-state index contributed by atoms with van der Waals surface area (Å²) < 4.78 is 0. The van der Waals surface area contributed by atoms with Crippen LogP contribution in [0.15, 0.2) is 30.3 Å². The van der Waals surface area contributed by atoms with Crippen molar-refractivity contribution in [3.8, 4) is 0 Å². The lowest BCUT2D eigenvalue weighted by Crippen LogP contribution is -2.27. The van der Waals surface area contributed by atoms with Crippen LogP contribution in [0.4, 0.5) is 0 Å². The van der Waals surface area contributed by atoms with Crippen molar-refractivity contribution in [3.63, 3.8) is 0 Å². The van der Waals surface area contributed by atoms with Crippen molar-refractivity contribution in [1.29, 1.82) is 0 Å². The highest BCUT2D eigenvalue weighted by Crippen LogP contribution is 2.38. The molecule has 2 rings (SSSR count). The molecule has 1 saturated carbocycles. The minimum Gasteiger partial charge on any atom is -0.299 e. The van der Waals surface area contributed by atoms with E-state index in [1.807, 2.05) is 30.3 Å². The Morgan fingerprint density at radius 1 is 1.18 bits per heavy atom. The molecule has 17 heavy (non-hydrogen) atoms. The Morgan fingerprint density at radius 2 is 1.76 bits per heavy atom. The summed E-state index contributed by atoms with van der Waals surface area (Å²) in [6.45, 7) is 4.62. The Bertz CT molecular complexity index is 368. The van der Waals surface area contributed by atoms with Crippen molar-refractivity contribution < 1.29 is 4.79 Å². The molecule has 1 fully saturated rings. The summed E-state index contributed by atoms with van der Waals surface area (Å²) in [4.78, 5) is 12.2. The van der Waals surface area contributed by atoms with Gasteiger partial charge in [0.2, 0.25) is 0 Å². The van der Waals surface area contributed by atoms with Gasteiger partial charge >= 0.3 is 0 Å². The van der Waals surface area contributed by atoms with Gasteiger partial charge in [0.25, 0.3) is 0 Å². The molecule has 0 spiro atoms. The Hall–Kier alpha value is -1.11. The predicted molar refractivity (Wildman–Crippen MR) is 70.9 cm³/mol. The summed E-state index contributed by atoms with van der Waals surface area (Å²) >= 11 is 0. The standard InChI is InChI=1S/C16H22O/c1-16(2)10-8-14(9-11-16)15(17)12-13-6-4-3-5-7-13/h3-7,14H,8-12H2,1-2H3. The SMILES string of the molecule is CC1(C)CCC(C(=O)Cc2ccccc2)CC1. The fourth-order valence-electron chi connectivity index (χ4n) is 2.66. The molecule has 0 N–H and O–H groups in total. The van der Waals surface area contributed by atoms with Gasteiger partial charge in [-0.05, 0) is 36.7 Å². The quantitative estimate of drug-likeness (QED) is 0.766. The van der Waals surface area contributed by atoms with Crippen molar-refractivity contribution in [1.82, 2.24) is 0 Å². The van der Waals surface area contributed by atoms with Crippen molar-refractivity contribution in [2.24, 2.45) is 11.3 Å². The molecular weight excluding hydrogens is 208 g/mol. The molecule has 1 aromatic rings. The molecule has 0 heterocycles. The number of carbonyl (C=O) groups excluding carboxylic acids is 1. The van der Waals surface area contributed by atoms with Crippen LogP contribution >= 0.6 is 0 Å². The Balaban J connectivity index is 1.90. The Morgan fingerprint density at radius 3 is 2.35 bits per heavy atom. The summed E-state index contributed by atoms with van der Waals surface area (Å²) in [6, 6.07) is 10.1. The van der Waals surface area contributed by atoms with Gasteiger partial charge in [-0.2, -0.15) is 0 Å². The van der Waals surface area contributed by atoms with Crippen LogP contribution in [0.1, 0.15) is 45.1 Å². The minimum atomic E-state index is 0.309. The molecule has 0 saturated heterocycles. The Kier molecular flexibility index (Phi) is 3.66. The lowest BCUT2D eigenvalue weighted by molar-refractivity contribution is -0.123. The van der Waals surface area contributed by atoms with Crippen LogP contribution in [0, 0.1) is 11.3 Å². The largest absolute Gasteiger partial charge is 0.299 e. The highest BCUT2D eigenvalue weighted by atomic mass is 16.1. The first kappa shape index (κ1) is 12.3. The maximum absolute atomic E-state index is 12.2. The molecule has 0 bridgehead atoms. The molecule has 92 valence electrons. The smallest absolute Gasteiger partial charge is 0.140 e. The molecule has 0 amide bonds. The van der Waals surface area contributed by atoms with Gasteiger partial charge in [-0.15, -0.1) is 0 Å². The highest BCUT2D eigenvalue weighted by Gasteiger charge is 2.30. The molecule has 1 heteroatoms. The van der Waals surface area contributed by atoms with Crippen LogP contribution in [0.2, 0.25) is 0 Å². The summed E-state index contributed by atoms with van der Waals surface area (Å²) in [5.41, 5.74) is 1.60. The van der Waals surface area contributed by atoms with E-state index in [-0.39, 0.29) is 0 Å². The molecule has 1 aliphatic carbocycles. The topological polar surface area (TPSA) is 17.1 Å². The van der Waals surface area contributed by atoms with Gasteiger partial charge in [0.1, 0.15) is 5.78 Å². The summed E-state index contributed by atoms with van der Waals surface area (Å²) in [5.74, 6) is 0.745. The second-order valence-corrected chi connectivity index (χ2v) is 6.07. The number of ketones is 1. The number of hydrogen-bond acceptors (Lipinski definition) is 1. The Labute approximate surface area is 104 Å². The van der Waals surface area contributed by atoms with Crippen LogP contribution < -0.4 is 0 Å². The maximum atomic E-state index is 12.2. The fourth-order valence-corrected chi connectivity index (χ4v) is 2.66. The summed E-state index contributed by atoms with van der Waals surface area (Å²) in [7, 11) is 0. The van der Waals surface area contributed by atoms with Crippen LogP contribution in [-0.4, -0.2) is 5.78 Å². The molecule has 0 unspecified atom stereocenters. The lowest BCUT2D eigenvalue weighted by atomic mass is 9.71. The second-order valence-electron chi connectivity index (χ2n) is 6.07. The van der Waals surface area contributed by atoms with Crippen molar-refractivity contribution in [2.75, 3.05) is 0 Å². The van der Waals surface area contributed by atoms with Crippen molar-refractivity contribution in [2.45, 2.75) is 46.0 Å². The zero-order valence-electron chi connectivity index (χ0n) is 10.9. The van der Waals surface area contributed by atoms with Crippen LogP contribution in [0.3, 0.4) is 0 Å². The van der Waals surface area contributed by atoms with Crippen LogP contribution in [-0.2, 0) is 11.2 Å². The molecule has 1 aliphatic rings. The van der Waals surface area contributed by atoms with Gasteiger partial charge < -0.3 is 0 Å². The van der Waals surface area contributed by atoms with E-state index in [1.54, 1.807) is 0 Å². The lowest BCUT2D eigenvalue weighted by Gasteiger charge is -2.33. The van der Waals surface area contributed by atoms with E-state index in [4.69, 9.17) is 0 Å². The molecule has 0 aromatic heterocycles. The molecule has 0 aliphatic heterocycles. The van der Waals surface area contributed by atoms with E-state index < -0.39 is 0 Å². The maximum Gasteiger partial charge on any atom is 0.140 e.